The molecule has 1 amide bonds. The van der Waals surface area contributed by atoms with Crippen LogP contribution in [-0.4, -0.2) is 23.5 Å². The molecule has 0 aliphatic rings. The molecule has 5 heteroatoms. The minimum Gasteiger partial charge on any atom is -0.481 e. The summed E-state index contributed by atoms with van der Waals surface area (Å²) in [7, 11) is 0. The average molecular weight is 312 g/mol. The Morgan fingerprint density at radius 1 is 1.29 bits per heavy atom. The third-order valence-electron chi connectivity index (χ3n) is 3.54. The molecule has 0 spiro atoms. The molecule has 0 radical (unpaired) electrons. The van der Waals surface area contributed by atoms with E-state index in [4.69, 9.17) is 16.7 Å². The fourth-order valence-corrected chi connectivity index (χ4v) is 2.29. The van der Waals surface area contributed by atoms with Gasteiger partial charge in [0.15, 0.2) is 0 Å². The number of carbonyl (C=O) groups is 2. The second-order valence-corrected chi connectivity index (χ2v) is 6.46. The fourth-order valence-electron chi connectivity index (χ4n) is 2.06. The van der Waals surface area contributed by atoms with Gasteiger partial charge >= 0.3 is 5.97 Å². The number of aryl methyl sites for hydroxylation is 1. The number of carboxylic acids is 1. The second-order valence-electron chi connectivity index (χ2n) is 6.02. The number of nitrogens with one attached hydrogen (secondary N) is 1. The highest BCUT2D eigenvalue weighted by Gasteiger charge is 2.19. The van der Waals surface area contributed by atoms with Gasteiger partial charge in [0.25, 0.3) is 5.91 Å². The molecular formula is C16H22ClNO3. The van der Waals surface area contributed by atoms with Crippen LogP contribution in [0.2, 0.25) is 5.02 Å². The third kappa shape index (κ3) is 6.17. The summed E-state index contributed by atoms with van der Waals surface area (Å²) in [6, 6.07) is 5.16. The highest BCUT2D eigenvalue weighted by atomic mass is 35.5. The molecule has 1 aromatic carbocycles. The van der Waals surface area contributed by atoms with Crippen LogP contribution >= 0.6 is 11.6 Å². The van der Waals surface area contributed by atoms with E-state index in [2.05, 4.69) is 5.32 Å². The van der Waals surface area contributed by atoms with Gasteiger partial charge in [-0.3, -0.25) is 9.59 Å². The summed E-state index contributed by atoms with van der Waals surface area (Å²) in [4.78, 5) is 22.7. The van der Waals surface area contributed by atoms with Gasteiger partial charge in [-0.1, -0.05) is 25.4 Å². The molecule has 4 nitrogen and oxygen atoms in total. The predicted molar refractivity (Wildman–Crippen MR) is 83.8 cm³/mol. The van der Waals surface area contributed by atoms with Crippen LogP contribution in [0.25, 0.3) is 0 Å². The lowest BCUT2D eigenvalue weighted by molar-refractivity contribution is -0.137. The van der Waals surface area contributed by atoms with Gasteiger partial charge in [0.05, 0.1) is 0 Å². The minimum atomic E-state index is -0.788. The Labute approximate surface area is 130 Å². The first-order chi connectivity index (χ1) is 9.71. The summed E-state index contributed by atoms with van der Waals surface area (Å²) in [5, 5.41) is 12.2. The van der Waals surface area contributed by atoms with Crippen LogP contribution in [0.3, 0.4) is 0 Å². The molecule has 0 aliphatic carbocycles. The first kappa shape index (κ1) is 17.5. The molecule has 0 aliphatic heterocycles. The van der Waals surface area contributed by atoms with Crippen molar-refractivity contribution in [3.05, 3.63) is 34.3 Å². The largest absolute Gasteiger partial charge is 0.481 e. The summed E-state index contributed by atoms with van der Waals surface area (Å²) in [6.45, 7) is 6.39. The van der Waals surface area contributed by atoms with Gasteiger partial charge in [0, 0.05) is 23.6 Å². The van der Waals surface area contributed by atoms with Gasteiger partial charge in [-0.25, -0.2) is 0 Å². The number of amides is 1. The van der Waals surface area contributed by atoms with E-state index in [-0.39, 0.29) is 17.7 Å². The molecule has 0 heterocycles. The number of carbonyl (C=O) groups excluding carboxylic acids is 1. The van der Waals surface area contributed by atoms with Crippen molar-refractivity contribution in [2.45, 2.75) is 40.0 Å². The van der Waals surface area contributed by atoms with Crippen molar-refractivity contribution < 1.29 is 14.7 Å². The normalized spacial score (nSPS) is 11.2. The van der Waals surface area contributed by atoms with Crippen LogP contribution in [0.1, 0.15) is 49.0 Å². The first-order valence-corrected chi connectivity index (χ1v) is 7.35. The SMILES string of the molecule is Cc1cc(Cl)ccc1C(=O)NCCC(C)(C)CCC(=O)O. The lowest BCUT2D eigenvalue weighted by atomic mass is 9.84. The number of carboxylic acid groups (broad SMARTS) is 1. The number of halogens is 1. The summed E-state index contributed by atoms with van der Waals surface area (Å²) in [5.41, 5.74) is 1.34. The lowest BCUT2D eigenvalue weighted by Crippen LogP contribution is -2.28. The van der Waals surface area contributed by atoms with Crippen LogP contribution in [0, 0.1) is 12.3 Å². The van der Waals surface area contributed by atoms with E-state index in [9.17, 15) is 9.59 Å². The molecule has 0 aromatic heterocycles. The van der Waals surface area contributed by atoms with Crippen molar-refractivity contribution in [2.24, 2.45) is 5.41 Å². The molecular weight excluding hydrogens is 290 g/mol. The Kier molecular flexibility index (Phi) is 6.21. The molecule has 0 unspecified atom stereocenters. The topological polar surface area (TPSA) is 66.4 Å². The summed E-state index contributed by atoms with van der Waals surface area (Å²) in [5.74, 6) is -0.915. The van der Waals surface area contributed by atoms with Gasteiger partial charge in [-0.15, -0.1) is 0 Å². The van der Waals surface area contributed by atoms with Crippen molar-refractivity contribution >= 4 is 23.5 Å². The van der Waals surface area contributed by atoms with E-state index in [0.29, 0.717) is 23.6 Å². The fraction of sp³-hybridized carbons (Fsp3) is 0.500. The Morgan fingerprint density at radius 3 is 2.52 bits per heavy atom. The minimum absolute atomic E-state index is 0.110. The molecule has 0 bridgehead atoms. The number of rotatable bonds is 7. The molecule has 0 atom stereocenters. The van der Waals surface area contributed by atoms with Crippen LogP contribution in [0.4, 0.5) is 0 Å². The van der Waals surface area contributed by atoms with E-state index in [1.165, 1.54) is 0 Å². The van der Waals surface area contributed by atoms with Crippen LogP contribution in [0.15, 0.2) is 18.2 Å². The average Bonchev–Trinajstić information content (AvgIpc) is 2.36. The van der Waals surface area contributed by atoms with E-state index < -0.39 is 5.97 Å². The highest BCUT2D eigenvalue weighted by Crippen LogP contribution is 2.26. The van der Waals surface area contributed by atoms with Gasteiger partial charge in [-0.2, -0.15) is 0 Å². The summed E-state index contributed by atoms with van der Waals surface area (Å²) in [6.07, 6.45) is 1.48. The standard InChI is InChI=1S/C16H22ClNO3/c1-11-10-12(17)4-5-13(11)15(21)18-9-8-16(2,3)7-6-14(19)20/h4-5,10H,6-9H2,1-3H3,(H,18,21)(H,19,20). The van der Waals surface area contributed by atoms with E-state index in [1.54, 1.807) is 18.2 Å². The number of aliphatic carboxylic acids is 1. The van der Waals surface area contributed by atoms with Gasteiger partial charge in [-0.05, 0) is 48.9 Å². The van der Waals surface area contributed by atoms with Gasteiger partial charge in [0.2, 0.25) is 0 Å². The Balaban J connectivity index is 2.48. The van der Waals surface area contributed by atoms with Crippen molar-refractivity contribution in [2.75, 3.05) is 6.54 Å². The highest BCUT2D eigenvalue weighted by molar-refractivity contribution is 6.30. The third-order valence-corrected chi connectivity index (χ3v) is 3.77. The van der Waals surface area contributed by atoms with E-state index >= 15 is 0 Å². The van der Waals surface area contributed by atoms with Crippen LogP contribution < -0.4 is 5.32 Å². The smallest absolute Gasteiger partial charge is 0.303 e. The maximum absolute atomic E-state index is 12.1. The van der Waals surface area contributed by atoms with Crippen molar-refractivity contribution in [1.29, 1.82) is 0 Å². The molecule has 1 rings (SSSR count). The number of hydrogen-bond donors (Lipinski definition) is 2. The number of hydrogen-bond acceptors (Lipinski definition) is 2. The predicted octanol–water partition coefficient (Wildman–Crippen LogP) is 3.66. The molecule has 0 fully saturated rings. The maximum atomic E-state index is 12.1. The van der Waals surface area contributed by atoms with Crippen LogP contribution in [0.5, 0.6) is 0 Å². The summed E-state index contributed by atoms with van der Waals surface area (Å²) < 4.78 is 0. The molecule has 1 aromatic rings. The number of benzene rings is 1. The van der Waals surface area contributed by atoms with Crippen molar-refractivity contribution in [3.63, 3.8) is 0 Å². The zero-order valence-electron chi connectivity index (χ0n) is 12.7. The second kappa shape index (κ2) is 7.46. The van der Waals surface area contributed by atoms with Gasteiger partial charge < -0.3 is 10.4 Å². The Morgan fingerprint density at radius 2 is 1.95 bits per heavy atom. The molecule has 21 heavy (non-hydrogen) atoms. The van der Waals surface area contributed by atoms with Gasteiger partial charge in [0.1, 0.15) is 0 Å². The van der Waals surface area contributed by atoms with Crippen molar-refractivity contribution in [1.82, 2.24) is 5.32 Å². The van der Waals surface area contributed by atoms with E-state index in [1.807, 2.05) is 20.8 Å². The first-order valence-electron chi connectivity index (χ1n) is 6.97. The monoisotopic (exact) mass is 311 g/mol. The maximum Gasteiger partial charge on any atom is 0.303 e. The van der Waals surface area contributed by atoms with Crippen LogP contribution in [-0.2, 0) is 4.79 Å². The quantitative estimate of drug-likeness (QED) is 0.807. The molecule has 116 valence electrons. The lowest BCUT2D eigenvalue weighted by Gasteiger charge is -2.23. The zero-order valence-corrected chi connectivity index (χ0v) is 13.5. The molecule has 2 N–H and O–H groups in total. The Hall–Kier alpha value is -1.55. The summed E-state index contributed by atoms with van der Waals surface area (Å²) >= 11 is 5.87. The van der Waals surface area contributed by atoms with Crippen molar-refractivity contribution in [3.8, 4) is 0 Å². The Bertz CT molecular complexity index is 526. The molecule has 0 saturated carbocycles. The van der Waals surface area contributed by atoms with E-state index in [0.717, 1.165) is 12.0 Å². The zero-order chi connectivity index (χ0) is 16.0. The molecule has 0 saturated heterocycles.